The van der Waals surface area contributed by atoms with Gasteiger partial charge in [-0.2, -0.15) is 0 Å². The first-order valence-electron chi connectivity index (χ1n) is 15.2. The van der Waals surface area contributed by atoms with Gasteiger partial charge in [-0.1, -0.05) is 66.7 Å². The Morgan fingerprint density at radius 1 is 0.867 bits per heavy atom. The molecule has 2 atom stereocenters. The van der Waals surface area contributed by atoms with Crippen molar-refractivity contribution >= 4 is 57.0 Å². The fourth-order valence-electron chi connectivity index (χ4n) is 6.85. The van der Waals surface area contributed by atoms with E-state index in [1.54, 1.807) is 12.4 Å². The van der Waals surface area contributed by atoms with Crippen molar-refractivity contribution in [3.8, 4) is 11.5 Å². The van der Waals surface area contributed by atoms with Crippen LogP contribution in [0.15, 0.2) is 94.9 Å². The SMILES string of the molecule is C1=Nc2c(ccc3ccccc23)OC1.CCOC(=O)C1(C)c2c(ccc(C)c2C)N(C)C12C=Nc1c(ccc3ccccc13)O2. The first-order chi connectivity index (χ1) is 21.8. The van der Waals surface area contributed by atoms with Gasteiger partial charge in [0.25, 0.3) is 0 Å². The summed E-state index contributed by atoms with van der Waals surface area (Å²) in [6, 6.07) is 28.5. The summed E-state index contributed by atoms with van der Waals surface area (Å²) in [4.78, 5) is 24.8. The lowest BCUT2D eigenvalue weighted by Gasteiger charge is -2.45. The van der Waals surface area contributed by atoms with Crippen molar-refractivity contribution in [2.45, 2.75) is 38.8 Å². The Hall–Kier alpha value is -5.17. The number of fused-ring (bicyclic) bond motifs is 7. The summed E-state index contributed by atoms with van der Waals surface area (Å²) < 4.78 is 17.8. The lowest BCUT2D eigenvalue weighted by molar-refractivity contribution is -0.154. The topological polar surface area (TPSA) is 72.7 Å². The van der Waals surface area contributed by atoms with E-state index in [2.05, 4.69) is 55.2 Å². The molecule has 45 heavy (non-hydrogen) atoms. The highest BCUT2D eigenvalue weighted by Crippen LogP contribution is 2.56. The second-order valence-corrected chi connectivity index (χ2v) is 11.8. The monoisotopic (exact) mass is 597 g/mol. The molecule has 0 radical (unpaired) electrons. The average Bonchev–Trinajstić information content (AvgIpc) is 3.26. The van der Waals surface area contributed by atoms with Crippen LogP contribution < -0.4 is 14.4 Å². The number of aliphatic imine (C=N–C) groups is 2. The van der Waals surface area contributed by atoms with Crippen LogP contribution in [0.5, 0.6) is 11.5 Å². The molecule has 0 saturated carbocycles. The van der Waals surface area contributed by atoms with Crippen molar-refractivity contribution in [3.05, 3.63) is 102 Å². The largest absolute Gasteiger partial charge is 0.486 e. The van der Waals surface area contributed by atoms with Crippen molar-refractivity contribution in [1.29, 1.82) is 0 Å². The van der Waals surface area contributed by atoms with E-state index in [4.69, 9.17) is 19.2 Å². The number of rotatable bonds is 2. The Morgan fingerprint density at radius 3 is 2.20 bits per heavy atom. The van der Waals surface area contributed by atoms with Crippen LogP contribution in [-0.2, 0) is 14.9 Å². The fourth-order valence-corrected chi connectivity index (χ4v) is 6.85. The lowest BCUT2D eigenvalue weighted by Crippen LogP contribution is -2.65. The molecule has 8 rings (SSSR count). The maximum atomic E-state index is 13.5. The molecule has 0 aromatic heterocycles. The molecule has 7 heteroatoms. The van der Waals surface area contributed by atoms with Gasteiger partial charge in [-0.05, 0) is 67.8 Å². The molecule has 0 aliphatic carbocycles. The molecule has 0 bridgehead atoms. The lowest BCUT2D eigenvalue weighted by atomic mass is 9.73. The molecule has 2 unspecified atom stereocenters. The van der Waals surface area contributed by atoms with Gasteiger partial charge in [-0.15, -0.1) is 0 Å². The van der Waals surface area contributed by atoms with E-state index in [1.807, 2.05) is 74.3 Å². The molecule has 0 saturated heterocycles. The van der Waals surface area contributed by atoms with Gasteiger partial charge in [-0.3, -0.25) is 14.8 Å². The fraction of sp³-hybridized carbons (Fsp3) is 0.237. The van der Waals surface area contributed by atoms with Crippen LogP contribution in [0.3, 0.4) is 0 Å². The first kappa shape index (κ1) is 28.6. The van der Waals surface area contributed by atoms with Crippen molar-refractivity contribution in [3.63, 3.8) is 0 Å². The molecule has 5 aromatic carbocycles. The summed E-state index contributed by atoms with van der Waals surface area (Å²) in [5.41, 5.74) is 3.60. The second-order valence-electron chi connectivity index (χ2n) is 11.8. The maximum Gasteiger partial charge on any atom is 0.322 e. The zero-order valence-electron chi connectivity index (χ0n) is 26.1. The highest BCUT2D eigenvalue weighted by molar-refractivity contribution is 6.04. The van der Waals surface area contributed by atoms with Crippen LogP contribution in [0.2, 0.25) is 0 Å². The van der Waals surface area contributed by atoms with E-state index in [9.17, 15) is 4.79 Å². The highest BCUT2D eigenvalue weighted by atomic mass is 16.6. The number of nitrogens with zero attached hydrogens (tertiary/aromatic N) is 3. The van der Waals surface area contributed by atoms with E-state index >= 15 is 0 Å². The second kappa shape index (κ2) is 10.8. The van der Waals surface area contributed by atoms with Gasteiger partial charge in [0.2, 0.25) is 5.72 Å². The minimum Gasteiger partial charge on any atom is -0.486 e. The van der Waals surface area contributed by atoms with E-state index in [0.717, 1.165) is 55.7 Å². The zero-order chi connectivity index (χ0) is 31.3. The smallest absolute Gasteiger partial charge is 0.322 e. The van der Waals surface area contributed by atoms with Gasteiger partial charge in [-0.25, -0.2) is 0 Å². The third-order valence-electron chi connectivity index (χ3n) is 9.37. The standard InChI is InChI=1S/C26H26N2O3.C12H9NO/c1-6-30-24(29)25(4)22-17(3)16(2)11-13-20(22)28(5)26(25)15-27-23-19-10-8-7-9-18(19)12-14-21(23)31-26;1-2-4-10-9(3-1)5-6-11-12(10)13-7-8-14-11/h7-15H,6H2,1-5H3;1-7H,8H2. The van der Waals surface area contributed by atoms with Gasteiger partial charge in [0, 0.05) is 35.3 Å². The van der Waals surface area contributed by atoms with Gasteiger partial charge < -0.3 is 19.1 Å². The predicted molar refractivity (Wildman–Crippen MR) is 181 cm³/mol. The molecular weight excluding hydrogens is 562 g/mol. The summed E-state index contributed by atoms with van der Waals surface area (Å²) in [5.74, 6) is 1.22. The van der Waals surface area contributed by atoms with Crippen molar-refractivity contribution in [2.24, 2.45) is 9.98 Å². The normalized spacial score (nSPS) is 20.5. The Kier molecular flexibility index (Phi) is 6.84. The van der Waals surface area contributed by atoms with Crippen LogP contribution in [0, 0.1) is 13.8 Å². The summed E-state index contributed by atoms with van der Waals surface area (Å²) in [6.07, 6.45) is 3.59. The Labute approximate surface area is 262 Å². The van der Waals surface area contributed by atoms with Crippen LogP contribution in [0.4, 0.5) is 17.1 Å². The van der Waals surface area contributed by atoms with Crippen LogP contribution in [0.25, 0.3) is 21.5 Å². The Bertz CT molecular complexity index is 2050. The number of carbonyl (C=O) groups is 1. The number of benzene rings is 5. The molecule has 0 N–H and O–H groups in total. The minimum atomic E-state index is -1.13. The molecule has 7 nitrogen and oxygen atoms in total. The quantitative estimate of drug-likeness (QED) is 0.192. The van der Waals surface area contributed by atoms with Crippen LogP contribution in [-0.4, -0.2) is 44.4 Å². The van der Waals surface area contributed by atoms with Crippen molar-refractivity contribution in [1.82, 2.24) is 0 Å². The van der Waals surface area contributed by atoms with E-state index in [1.165, 1.54) is 5.39 Å². The molecule has 0 amide bonds. The molecule has 3 heterocycles. The van der Waals surface area contributed by atoms with E-state index < -0.39 is 11.1 Å². The number of likely N-dealkylation sites (N-methyl/N-ethyl adjacent to an activating group) is 1. The maximum absolute atomic E-state index is 13.5. The number of hydrogen-bond donors (Lipinski definition) is 0. The van der Waals surface area contributed by atoms with Gasteiger partial charge in [0.1, 0.15) is 29.5 Å². The van der Waals surface area contributed by atoms with Crippen LogP contribution in [0.1, 0.15) is 30.5 Å². The summed E-state index contributed by atoms with van der Waals surface area (Å²) in [7, 11) is 1.95. The van der Waals surface area contributed by atoms with Crippen LogP contribution >= 0.6 is 0 Å². The molecule has 5 aromatic rings. The molecule has 0 fully saturated rings. The predicted octanol–water partition coefficient (Wildman–Crippen LogP) is 8.15. The minimum absolute atomic E-state index is 0.298. The van der Waals surface area contributed by atoms with Crippen molar-refractivity contribution in [2.75, 3.05) is 25.2 Å². The summed E-state index contributed by atoms with van der Waals surface area (Å²) in [6.45, 7) is 8.73. The summed E-state index contributed by atoms with van der Waals surface area (Å²) in [5, 5.41) is 4.48. The van der Waals surface area contributed by atoms with Gasteiger partial charge >= 0.3 is 5.97 Å². The molecule has 226 valence electrons. The third kappa shape index (κ3) is 4.21. The summed E-state index contributed by atoms with van der Waals surface area (Å²) >= 11 is 0. The zero-order valence-corrected chi connectivity index (χ0v) is 26.1. The average molecular weight is 598 g/mol. The number of esters is 1. The molecular formula is C38H35N3O4. The third-order valence-corrected chi connectivity index (χ3v) is 9.37. The van der Waals surface area contributed by atoms with Gasteiger partial charge in [0.15, 0.2) is 5.41 Å². The van der Waals surface area contributed by atoms with E-state index in [-0.39, 0.29) is 5.97 Å². The number of ether oxygens (including phenoxy) is 3. The number of carbonyl (C=O) groups excluding carboxylic acids is 1. The van der Waals surface area contributed by atoms with Gasteiger partial charge in [0.05, 0.1) is 12.8 Å². The Morgan fingerprint density at radius 2 is 1.51 bits per heavy atom. The number of anilines is 1. The van der Waals surface area contributed by atoms with Crippen molar-refractivity contribution < 1.29 is 19.0 Å². The molecule has 3 aliphatic rings. The molecule has 3 aliphatic heterocycles. The Balaban J connectivity index is 0.000000192. The highest BCUT2D eigenvalue weighted by Gasteiger charge is 2.66. The molecule has 1 spiro atoms. The first-order valence-corrected chi connectivity index (χ1v) is 15.2. The van der Waals surface area contributed by atoms with E-state index in [0.29, 0.717) is 19.0 Å². The number of hydrogen-bond acceptors (Lipinski definition) is 7. The number of aryl methyl sites for hydroxylation is 1.